The van der Waals surface area contributed by atoms with Crippen molar-refractivity contribution in [2.24, 2.45) is 0 Å². The molecule has 4 nitrogen and oxygen atoms in total. The molecule has 3 aliphatic rings. The predicted octanol–water partition coefficient (Wildman–Crippen LogP) is 1.58. The fraction of sp³-hybridized carbons (Fsp3) is 0.533. The third-order valence-electron chi connectivity index (χ3n) is 5.08. The summed E-state index contributed by atoms with van der Waals surface area (Å²) in [6.07, 6.45) is 0. The van der Waals surface area contributed by atoms with Crippen LogP contribution in [0.1, 0.15) is 6.92 Å². The van der Waals surface area contributed by atoms with Crippen molar-refractivity contribution in [3.05, 3.63) is 29.6 Å². The van der Waals surface area contributed by atoms with Gasteiger partial charge in [-0.25, -0.2) is 13.2 Å². The average Bonchev–Trinajstić information content (AvgIpc) is 2.56. The summed E-state index contributed by atoms with van der Waals surface area (Å²) in [6, 6.07) is 1.51. The number of rotatable bonds is 3. The summed E-state index contributed by atoms with van der Waals surface area (Å²) in [5.74, 6) is -4.55. The molecule has 1 aromatic carbocycles. The van der Waals surface area contributed by atoms with Gasteiger partial charge in [-0.2, -0.15) is 0 Å². The Morgan fingerprint density at radius 2 is 1.73 bits per heavy atom. The van der Waals surface area contributed by atoms with E-state index in [9.17, 15) is 18.0 Å². The van der Waals surface area contributed by atoms with Gasteiger partial charge in [-0.05, 0) is 19.1 Å². The van der Waals surface area contributed by atoms with E-state index in [-0.39, 0.29) is 17.6 Å². The van der Waals surface area contributed by atoms with Crippen LogP contribution in [0.3, 0.4) is 0 Å². The van der Waals surface area contributed by atoms with Crippen molar-refractivity contribution in [1.29, 1.82) is 0 Å². The minimum Gasteiger partial charge on any atom is -0.318 e. The molecule has 22 heavy (non-hydrogen) atoms. The van der Waals surface area contributed by atoms with Crippen LogP contribution in [-0.4, -0.2) is 60.6 Å². The number of anilines is 1. The normalized spacial score (nSPS) is 28.5. The standard InChI is InChI=1S/C15H18F3N3O/c1-10(21-7-4-20(5-8-21)6-9-21)15(22)19-12-3-2-11(16)13(17)14(12)18/h2-3,10H,4-9H2,1H3/p+1/t10-/m1/s1. The van der Waals surface area contributed by atoms with E-state index in [0.29, 0.717) is 4.48 Å². The van der Waals surface area contributed by atoms with Gasteiger partial charge >= 0.3 is 0 Å². The fourth-order valence-electron chi connectivity index (χ4n) is 3.38. The summed E-state index contributed by atoms with van der Waals surface area (Å²) >= 11 is 0. The van der Waals surface area contributed by atoms with Crippen LogP contribution in [0.2, 0.25) is 0 Å². The first-order chi connectivity index (χ1) is 10.4. The molecule has 120 valence electrons. The summed E-state index contributed by atoms with van der Waals surface area (Å²) in [5, 5.41) is 2.40. The number of benzene rings is 1. The Morgan fingerprint density at radius 3 is 2.32 bits per heavy atom. The summed E-state index contributed by atoms with van der Waals surface area (Å²) < 4.78 is 40.5. The van der Waals surface area contributed by atoms with Gasteiger partial charge in [0.1, 0.15) is 0 Å². The van der Waals surface area contributed by atoms with Crippen molar-refractivity contribution in [2.75, 3.05) is 44.6 Å². The van der Waals surface area contributed by atoms with E-state index in [2.05, 4.69) is 10.2 Å². The Morgan fingerprint density at radius 1 is 1.14 bits per heavy atom. The highest BCUT2D eigenvalue weighted by molar-refractivity contribution is 5.94. The number of hydrogen-bond acceptors (Lipinski definition) is 2. The van der Waals surface area contributed by atoms with Crippen molar-refractivity contribution in [1.82, 2.24) is 4.90 Å². The number of fused-ring (bicyclic) bond motifs is 3. The highest BCUT2D eigenvalue weighted by Crippen LogP contribution is 2.25. The van der Waals surface area contributed by atoms with Gasteiger partial charge in [0, 0.05) is 19.6 Å². The van der Waals surface area contributed by atoms with Gasteiger partial charge in [-0.1, -0.05) is 0 Å². The lowest BCUT2D eigenvalue weighted by molar-refractivity contribution is -0.953. The largest absolute Gasteiger partial charge is 0.318 e. The number of carbonyl (C=O) groups excluding carboxylic acids is 1. The Hall–Kier alpha value is -1.60. The molecular weight excluding hydrogens is 295 g/mol. The molecule has 0 saturated carbocycles. The molecule has 3 aliphatic heterocycles. The van der Waals surface area contributed by atoms with E-state index >= 15 is 0 Å². The molecule has 7 heteroatoms. The van der Waals surface area contributed by atoms with Gasteiger partial charge < -0.3 is 9.80 Å². The monoisotopic (exact) mass is 314 g/mol. The first-order valence-electron chi connectivity index (χ1n) is 7.45. The third kappa shape index (κ3) is 2.48. The van der Waals surface area contributed by atoms with Crippen LogP contribution in [-0.2, 0) is 4.79 Å². The lowest BCUT2D eigenvalue weighted by Gasteiger charge is -2.52. The fourth-order valence-corrected chi connectivity index (χ4v) is 3.38. The van der Waals surface area contributed by atoms with Crippen LogP contribution in [0, 0.1) is 17.5 Å². The Bertz CT molecular complexity index is 586. The highest BCUT2D eigenvalue weighted by Gasteiger charge is 2.45. The number of halogens is 3. The van der Waals surface area contributed by atoms with Crippen molar-refractivity contribution in [3.8, 4) is 0 Å². The summed E-state index contributed by atoms with van der Waals surface area (Å²) in [5.41, 5.74) is -0.315. The van der Waals surface area contributed by atoms with Crippen LogP contribution < -0.4 is 5.32 Å². The zero-order valence-electron chi connectivity index (χ0n) is 12.4. The average molecular weight is 314 g/mol. The Balaban J connectivity index is 1.75. The van der Waals surface area contributed by atoms with Crippen molar-refractivity contribution < 1.29 is 22.4 Å². The zero-order chi connectivity index (χ0) is 15.9. The number of nitrogens with zero attached hydrogens (tertiary/aromatic N) is 2. The molecule has 0 spiro atoms. The van der Waals surface area contributed by atoms with Gasteiger partial charge in [-0.3, -0.25) is 9.69 Å². The van der Waals surface area contributed by atoms with Gasteiger partial charge in [-0.15, -0.1) is 0 Å². The van der Waals surface area contributed by atoms with Crippen molar-refractivity contribution >= 4 is 11.6 Å². The Labute approximate surface area is 127 Å². The summed E-state index contributed by atoms with van der Waals surface area (Å²) in [4.78, 5) is 14.8. The first kappa shape index (κ1) is 15.3. The number of carbonyl (C=O) groups is 1. The molecule has 0 aliphatic carbocycles. The topological polar surface area (TPSA) is 32.3 Å². The van der Waals surface area contributed by atoms with Crippen molar-refractivity contribution in [2.45, 2.75) is 13.0 Å². The molecular formula is C15H19F3N3O+. The van der Waals surface area contributed by atoms with Crippen LogP contribution in [0.4, 0.5) is 18.9 Å². The van der Waals surface area contributed by atoms with E-state index < -0.39 is 17.5 Å². The van der Waals surface area contributed by atoms with Crippen LogP contribution in [0.25, 0.3) is 0 Å². The molecule has 1 atom stereocenters. The lowest BCUT2D eigenvalue weighted by atomic mass is 10.1. The minimum atomic E-state index is -1.57. The number of piperazine rings is 3. The molecule has 4 rings (SSSR count). The van der Waals surface area contributed by atoms with Gasteiger partial charge in [0.05, 0.1) is 25.3 Å². The molecule has 3 fully saturated rings. The predicted molar refractivity (Wildman–Crippen MR) is 75.7 cm³/mol. The van der Waals surface area contributed by atoms with E-state index in [0.717, 1.165) is 51.4 Å². The van der Waals surface area contributed by atoms with Crippen LogP contribution in [0.5, 0.6) is 0 Å². The van der Waals surface area contributed by atoms with E-state index in [1.807, 2.05) is 6.92 Å². The maximum atomic E-state index is 13.7. The second kappa shape index (κ2) is 5.55. The van der Waals surface area contributed by atoms with Gasteiger partial charge in [0.25, 0.3) is 5.91 Å². The smallest absolute Gasteiger partial charge is 0.282 e. The van der Waals surface area contributed by atoms with Crippen molar-refractivity contribution in [3.63, 3.8) is 0 Å². The highest BCUT2D eigenvalue weighted by atomic mass is 19.2. The van der Waals surface area contributed by atoms with Crippen LogP contribution in [0.15, 0.2) is 12.1 Å². The molecule has 2 bridgehead atoms. The first-order valence-corrected chi connectivity index (χ1v) is 7.45. The van der Waals surface area contributed by atoms with E-state index in [1.54, 1.807) is 0 Å². The molecule has 1 aromatic rings. The molecule has 0 unspecified atom stereocenters. The molecule has 3 saturated heterocycles. The van der Waals surface area contributed by atoms with Gasteiger partial charge in [0.15, 0.2) is 23.5 Å². The second-order valence-corrected chi connectivity index (χ2v) is 6.12. The second-order valence-electron chi connectivity index (χ2n) is 6.12. The number of amides is 1. The van der Waals surface area contributed by atoms with E-state index in [1.165, 1.54) is 0 Å². The lowest BCUT2D eigenvalue weighted by Crippen LogP contribution is -2.72. The maximum Gasteiger partial charge on any atom is 0.282 e. The zero-order valence-corrected chi connectivity index (χ0v) is 12.4. The molecule has 1 amide bonds. The minimum absolute atomic E-state index is 0.315. The Kier molecular flexibility index (Phi) is 3.86. The molecule has 0 aromatic heterocycles. The number of hydrogen-bond donors (Lipinski definition) is 1. The maximum absolute atomic E-state index is 13.7. The quantitative estimate of drug-likeness (QED) is 0.679. The SMILES string of the molecule is C[C@H](C(=O)Nc1ccc(F)c(F)c1F)[N+]12CCN(CC1)CC2. The molecule has 1 N–H and O–H groups in total. The number of quaternary nitrogens is 1. The third-order valence-corrected chi connectivity index (χ3v) is 5.08. The summed E-state index contributed by atoms with van der Waals surface area (Å²) in [6.45, 7) is 7.33. The number of nitrogens with one attached hydrogen (secondary N) is 1. The summed E-state index contributed by atoms with van der Waals surface area (Å²) in [7, 11) is 0. The van der Waals surface area contributed by atoms with Gasteiger partial charge in [0.2, 0.25) is 0 Å². The van der Waals surface area contributed by atoms with Crippen LogP contribution >= 0.6 is 0 Å². The van der Waals surface area contributed by atoms with E-state index in [4.69, 9.17) is 0 Å². The molecule has 3 heterocycles. The molecule has 0 radical (unpaired) electrons.